The molecule has 3 aromatic rings. The standard InChI is InChI=1S/C21H23N3O2S/c1-14-22-20-19(16-10-6-7-11-17(16)27-20)21(26)24(14)13-18(25)23(2)12-15-8-4-3-5-9-15/h3-5,8-9H,6-7,10-13H2,1-2H3. The predicted octanol–water partition coefficient (Wildman–Crippen LogP) is 3.30. The topological polar surface area (TPSA) is 55.2 Å². The van der Waals surface area contributed by atoms with E-state index in [1.54, 1.807) is 23.3 Å². The Hall–Kier alpha value is -2.47. The summed E-state index contributed by atoms with van der Waals surface area (Å²) in [6.07, 6.45) is 4.27. The molecule has 0 saturated heterocycles. The highest BCUT2D eigenvalue weighted by Crippen LogP contribution is 2.33. The summed E-state index contributed by atoms with van der Waals surface area (Å²) >= 11 is 1.64. The molecule has 0 radical (unpaired) electrons. The van der Waals surface area contributed by atoms with Gasteiger partial charge in [-0.2, -0.15) is 0 Å². The Labute approximate surface area is 162 Å². The zero-order chi connectivity index (χ0) is 19.0. The molecule has 0 spiro atoms. The Bertz CT molecular complexity index is 1050. The number of carbonyl (C=O) groups excluding carboxylic acids is 1. The molecule has 0 N–H and O–H groups in total. The van der Waals surface area contributed by atoms with E-state index in [1.165, 1.54) is 15.9 Å². The van der Waals surface area contributed by atoms with Crippen molar-refractivity contribution >= 4 is 27.5 Å². The fourth-order valence-corrected chi connectivity index (χ4v) is 5.03. The van der Waals surface area contributed by atoms with E-state index in [-0.39, 0.29) is 18.0 Å². The number of likely N-dealkylation sites (N-methyl/N-ethyl adjacent to an activating group) is 1. The van der Waals surface area contributed by atoms with Crippen LogP contribution in [0.4, 0.5) is 0 Å². The summed E-state index contributed by atoms with van der Waals surface area (Å²) in [5, 5.41) is 0.735. The third kappa shape index (κ3) is 3.41. The smallest absolute Gasteiger partial charge is 0.263 e. The van der Waals surface area contributed by atoms with Gasteiger partial charge in [0.05, 0.1) is 5.39 Å². The molecule has 27 heavy (non-hydrogen) atoms. The first kappa shape index (κ1) is 17.9. The second-order valence-electron chi connectivity index (χ2n) is 7.18. The average molecular weight is 382 g/mol. The number of aromatic nitrogens is 2. The second kappa shape index (κ2) is 7.27. The van der Waals surface area contributed by atoms with Crippen molar-refractivity contribution in [3.05, 3.63) is 62.5 Å². The molecule has 1 amide bonds. The third-order valence-corrected chi connectivity index (χ3v) is 6.43. The number of carbonyl (C=O) groups is 1. The van der Waals surface area contributed by atoms with Gasteiger partial charge in [-0.15, -0.1) is 11.3 Å². The summed E-state index contributed by atoms with van der Waals surface area (Å²) < 4.78 is 1.54. The van der Waals surface area contributed by atoms with Crippen LogP contribution in [-0.4, -0.2) is 27.4 Å². The van der Waals surface area contributed by atoms with Crippen molar-refractivity contribution in [2.75, 3.05) is 7.05 Å². The third-order valence-electron chi connectivity index (χ3n) is 5.25. The molecule has 0 bridgehead atoms. The van der Waals surface area contributed by atoms with Crippen LogP contribution in [0.3, 0.4) is 0 Å². The van der Waals surface area contributed by atoms with Crippen LogP contribution in [0.1, 0.15) is 34.7 Å². The zero-order valence-corrected chi connectivity index (χ0v) is 16.5. The van der Waals surface area contributed by atoms with Gasteiger partial charge in [-0.1, -0.05) is 30.3 Å². The number of fused-ring (bicyclic) bond motifs is 3. The number of thiophene rings is 1. The van der Waals surface area contributed by atoms with Gasteiger partial charge >= 0.3 is 0 Å². The van der Waals surface area contributed by atoms with Crippen LogP contribution >= 0.6 is 11.3 Å². The minimum absolute atomic E-state index is 0.0293. The van der Waals surface area contributed by atoms with E-state index in [0.717, 1.165) is 40.6 Å². The highest BCUT2D eigenvalue weighted by molar-refractivity contribution is 7.18. The average Bonchev–Trinajstić information content (AvgIpc) is 3.03. The van der Waals surface area contributed by atoms with E-state index in [0.29, 0.717) is 12.4 Å². The molecule has 1 aliphatic carbocycles. The number of benzene rings is 1. The van der Waals surface area contributed by atoms with Crippen LogP contribution in [-0.2, 0) is 30.7 Å². The van der Waals surface area contributed by atoms with Crippen LogP contribution in [0.15, 0.2) is 35.1 Å². The van der Waals surface area contributed by atoms with Gasteiger partial charge in [0.2, 0.25) is 5.91 Å². The minimum atomic E-state index is -0.0886. The molecule has 6 heteroatoms. The lowest BCUT2D eigenvalue weighted by Crippen LogP contribution is -2.35. The summed E-state index contributed by atoms with van der Waals surface area (Å²) in [4.78, 5) is 34.3. The van der Waals surface area contributed by atoms with E-state index in [1.807, 2.05) is 37.3 Å². The van der Waals surface area contributed by atoms with Crippen LogP contribution in [0.25, 0.3) is 10.2 Å². The van der Waals surface area contributed by atoms with E-state index < -0.39 is 0 Å². The molecule has 0 aliphatic heterocycles. The Morgan fingerprint density at radius 2 is 1.96 bits per heavy atom. The number of hydrogen-bond donors (Lipinski definition) is 0. The van der Waals surface area contributed by atoms with Gasteiger partial charge in [0, 0.05) is 18.5 Å². The first-order valence-corrected chi connectivity index (χ1v) is 10.2. The molecule has 2 heterocycles. The molecular formula is C21H23N3O2S. The lowest BCUT2D eigenvalue weighted by molar-refractivity contribution is -0.131. The molecular weight excluding hydrogens is 358 g/mol. The summed E-state index contributed by atoms with van der Waals surface area (Å²) in [7, 11) is 1.77. The molecule has 1 aromatic carbocycles. The Balaban J connectivity index is 1.63. The maximum Gasteiger partial charge on any atom is 0.263 e. The van der Waals surface area contributed by atoms with Crippen LogP contribution < -0.4 is 5.56 Å². The normalized spacial score (nSPS) is 13.6. The van der Waals surface area contributed by atoms with Crippen molar-refractivity contribution in [1.82, 2.24) is 14.5 Å². The van der Waals surface area contributed by atoms with Gasteiger partial charge in [0.1, 0.15) is 17.2 Å². The Kier molecular flexibility index (Phi) is 4.83. The van der Waals surface area contributed by atoms with Gasteiger partial charge in [-0.3, -0.25) is 14.2 Å². The van der Waals surface area contributed by atoms with Crippen molar-refractivity contribution in [3.8, 4) is 0 Å². The van der Waals surface area contributed by atoms with Gasteiger partial charge in [-0.05, 0) is 43.7 Å². The van der Waals surface area contributed by atoms with E-state index in [4.69, 9.17) is 0 Å². The van der Waals surface area contributed by atoms with Crippen molar-refractivity contribution in [2.24, 2.45) is 0 Å². The summed E-state index contributed by atoms with van der Waals surface area (Å²) in [5.41, 5.74) is 2.16. The first-order valence-electron chi connectivity index (χ1n) is 9.34. The SMILES string of the molecule is Cc1nc2sc3c(c2c(=O)n1CC(=O)N(C)Cc1ccccc1)CCCC3. The highest BCUT2D eigenvalue weighted by atomic mass is 32.1. The van der Waals surface area contributed by atoms with Crippen molar-refractivity contribution < 1.29 is 4.79 Å². The fourth-order valence-electron chi connectivity index (χ4n) is 3.73. The molecule has 4 rings (SSSR count). The van der Waals surface area contributed by atoms with Crippen molar-refractivity contribution in [2.45, 2.75) is 45.7 Å². The fraction of sp³-hybridized carbons (Fsp3) is 0.381. The van der Waals surface area contributed by atoms with Gasteiger partial charge < -0.3 is 4.90 Å². The number of amides is 1. The van der Waals surface area contributed by atoms with Gasteiger partial charge in [0.25, 0.3) is 5.56 Å². The second-order valence-corrected chi connectivity index (χ2v) is 8.26. The minimum Gasteiger partial charge on any atom is -0.340 e. The summed E-state index contributed by atoms with van der Waals surface area (Å²) in [6.45, 7) is 2.36. The van der Waals surface area contributed by atoms with Crippen LogP contribution in [0.2, 0.25) is 0 Å². The molecule has 0 saturated carbocycles. The van der Waals surface area contributed by atoms with E-state index in [9.17, 15) is 9.59 Å². The quantitative estimate of drug-likeness (QED) is 0.697. The first-order chi connectivity index (χ1) is 13.0. The molecule has 5 nitrogen and oxygen atoms in total. The summed E-state index contributed by atoms with van der Waals surface area (Å²) in [5.74, 6) is 0.516. The lowest BCUT2D eigenvalue weighted by atomic mass is 9.97. The highest BCUT2D eigenvalue weighted by Gasteiger charge is 2.22. The number of hydrogen-bond acceptors (Lipinski definition) is 4. The van der Waals surface area contributed by atoms with E-state index >= 15 is 0 Å². The number of nitrogens with zero attached hydrogens (tertiary/aromatic N) is 3. The van der Waals surface area contributed by atoms with Crippen LogP contribution in [0, 0.1) is 6.92 Å². The van der Waals surface area contributed by atoms with Gasteiger partial charge in [-0.25, -0.2) is 4.98 Å². The van der Waals surface area contributed by atoms with Crippen LogP contribution in [0.5, 0.6) is 0 Å². The molecule has 2 aromatic heterocycles. The monoisotopic (exact) mass is 381 g/mol. The largest absolute Gasteiger partial charge is 0.340 e. The number of aryl methyl sites for hydroxylation is 3. The molecule has 0 fully saturated rings. The molecule has 140 valence electrons. The summed E-state index contributed by atoms with van der Waals surface area (Å²) in [6, 6.07) is 9.86. The van der Waals surface area contributed by atoms with Crippen molar-refractivity contribution in [1.29, 1.82) is 0 Å². The molecule has 0 unspecified atom stereocenters. The Morgan fingerprint density at radius 1 is 1.22 bits per heavy atom. The maximum atomic E-state index is 13.2. The predicted molar refractivity (Wildman–Crippen MR) is 108 cm³/mol. The maximum absolute atomic E-state index is 13.2. The molecule has 1 aliphatic rings. The van der Waals surface area contributed by atoms with E-state index in [2.05, 4.69) is 4.98 Å². The van der Waals surface area contributed by atoms with Crippen molar-refractivity contribution in [3.63, 3.8) is 0 Å². The van der Waals surface area contributed by atoms with Gasteiger partial charge in [0.15, 0.2) is 0 Å². The zero-order valence-electron chi connectivity index (χ0n) is 15.7. The lowest BCUT2D eigenvalue weighted by Gasteiger charge is -2.19. The molecule has 0 atom stereocenters. The number of rotatable bonds is 4. The Morgan fingerprint density at radius 3 is 2.74 bits per heavy atom.